The number of hydrogen-bond donors (Lipinski definition) is 3. The summed E-state index contributed by atoms with van der Waals surface area (Å²) in [6.07, 6.45) is 7.47. The second-order valence-corrected chi connectivity index (χ2v) is 14.2. The average Bonchev–Trinajstić information content (AvgIpc) is 3.74. The molecule has 46 heavy (non-hydrogen) atoms. The number of carbonyl (C=O) groups is 1. The van der Waals surface area contributed by atoms with Gasteiger partial charge in [-0.3, -0.25) is 4.79 Å². The zero-order valence-corrected chi connectivity index (χ0v) is 26.6. The Balaban J connectivity index is 1.26. The van der Waals surface area contributed by atoms with Crippen molar-refractivity contribution in [1.29, 1.82) is 0 Å². The molecular formula is C31H30FN9O3S2. The number of halogens is 1. The van der Waals surface area contributed by atoms with Crippen molar-refractivity contribution in [3.8, 4) is 11.4 Å². The summed E-state index contributed by atoms with van der Waals surface area (Å²) in [5.41, 5.74) is 7.92. The normalized spacial score (nSPS) is 17.0. The zero-order valence-electron chi connectivity index (χ0n) is 24.9. The predicted octanol–water partition coefficient (Wildman–Crippen LogP) is 4.86. The molecule has 2 atom stereocenters. The molecule has 1 aliphatic carbocycles. The Hall–Kier alpha value is -4.89. The summed E-state index contributed by atoms with van der Waals surface area (Å²) in [7, 11) is -2.23. The summed E-state index contributed by atoms with van der Waals surface area (Å²) >= 11 is 1.22. The molecule has 4 N–H and O–H groups in total. The molecule has 236 valence electrons. The van der Waals surface area contributed by atoms with Gasteiger partial charge in [-0.05, 0) is 56.9 Å². The van der Waals surface area contributed by atoms with Gasteiger partial charge in [0.05, 0.1) is 16.5 Å². The van der Waals surface area contributed by atoms with Crippen molar-refractivity contribution in [2.24, 2.45) is 7.05 Å². The fourth-order valence-corrected chi connectivity index (χ4v) is 7.77. The van der Waals surface area contributed by atoms with Crippen molar-refractivity contribution in [3.05, 3.63) is 77.4 Å². The Morgan fingerprint density at radius 2 is 1.85 bits per heavy atom. The van der Waals surface area contributed by atoms with E-state index in [0.29, 0.717) is 34.3 Å². The third-order valence-corrected chi connectivity index (χ3v) is 10.6. The highest BCUT2D eigenvalue weighted by molar-refractivity contribution is 7.90. The average molecular weight is 660 g/mol. The number of anilines is 2. The minimum Gasteiger partial charge on any atom is -0.375 e. The molecule has 0 aliphatic heterocycles. The number of rotatable bonds is 7. The first kappa shape index (κ1) is 29.8. The van der Waals surface area contributed by atoms with Crippen molar-refractivity contribution < 1.29 is 17.6 Å². The van der Waals surface area contributed by atoms with Crippen LogP contribution in [0.4, 0.5) is 15.3 Å². The molecule has 6 aromatic rings. The SMILES string of the molecule is Cc1ccc(S(=O)(=O)n2cc(-c3nc(N[C@@H]4CCC[C@H](NC(=O)c5csc(N)n5)C4)c4ccn(C)c4n3)c3cc(F)cnc32)cc1. The van der Waals surface area contributed by atoms with Gasteiger partial charge in [0, 0.05) is 47.9 Å². The maximum absolute atomic E-state index is 14.6. The lowest BCUT2D eigenvalue weighted by Crippen LogP contribution is -2.42. The van der Waals surface area contributed by atoms with E-state index in [1.54, 1.807) is 17.5 Å². The Kier molecular flexibility index (Phi) is 7.44. The van der Waals surface area contributed by atoms with Gasteiger partial charge in [0.15, 0.2) is 16.6 Å². The molecule has 0 unspecified atom stereocenters. The summed E-state index contributed by atoms with van der Waals surface area (Å²) < 4.78 is 45.0. The van der Waals surface area contributed by atoms with E-state index >= 15 is 0 Å². The van der Waals surface area contributed by atoms with Crippen LogP contribution in [0.15, 0.2) is 65.3 Å². The van der Waals surface area contributed by atoms with Crippen LogP contribution in [-0.4, -0.2) is 54.9 Å². The third kappa shape index (κ3) is 5.45. The van der Waals surface area contributed by atoms with Crippen LogP contribution in [0.3, 0.4) is 0 Å². The minimum atomic E-state index is -4.08. The summed E-state index contributed by atoms with van der Waals surface area (Å²) in [4.78, 5) is 30.7. The van der Waals surface area contributed by atoms with Gasteiger partial charge in [-0.1, -0.05) is 17.7 Å². The maximum atomic E-state index is 14.6. The number of hydrogen-bond acceptors (Lipinski definition) is 10. The van der Waals surface area contributed by atoms with Crippen LogP contribution in [0.25, 0.3) is 33.5 Å². The second-order valence-electron chi connectivity index (χ2n) is 11.5. The molecule has 5 aromatic heterocycles. The lowest BCUT2D eigenvalue weighted by atomic mass is 9.90. The van der Waals surface area contributed by atoms with Gasteiger partial charge in [-0.15, -0.1) is 11.3 Å². The number of fused-ring (bicyclic) bond motifs is 2. The highest BCUT2D eigenvalue weighted by Gasteiger charge is 2.28. The first-order valence-corrected chi connectivity index (χ1v) is 17.0. The number of thiazole rings is 1. The molecule has 0 bridgehead atoms. The number of aromatic nitrogens is 6. The van der Waals surface area contributed by atoms with Crippen LogP contribution in [0.5, 0.6) is 0 Å². The van der Waals surface area contributed by atoms with Crippen LogP contribution in [0.2, 0.25) is 0 Å². The molecule has 0 saturated heterocycles. The second kappa shape index (κ2) is 11.5. The van der Waals surface area contributed by atoms with Gasteiger partial charge in [0.25, 0.3) is 15.9 Å². The van der Waals surface area contributed by atoms with E-state index in [1.807, 2.05) is 30.8 Å². The first-order chi connectivity index (χ1) is 22.1. The number of carbonyl (C=O) groups excluding carboxylic acids is 1. The van der Waals surface area contributed by atoms with Crippen LogP contribution in [0, 0.1) is 12.7 Å². The number of nitrogens with one attached hydrogen (secondary N) is 2. The van der Waals surface area contributed by atoms with E-state index in [0.717, 1.165) is 40.4 Å². The molecule has 1 saturated carbocycles. The molecule has 1 amide bonds. The zero-order chi connectivity index (χ0) is 32.2. The van der Waals surface area contributed by atoms with E-state index in [9.17, 15) is 17.6 Å². The van der Waals surface area contributed by atoms with Crippen LogP contribution in [-0.2, 0) is 17.1 Å². The molecule has 12 nitrogen and oxygen atoms in total. The molecule has 15 heteroatoms. The van der Waals surface area contributed by atoms with Crippen molar-refractivity contribution in [3.63, 3.8) is 0 Å². The minimum absolute atomic E-state index is 0.0203. The fraction of sp³-hybridized carbons (Fsp3) is 0.258. The molecule has 5 heterocycles. The van der Waals surface area contributed by atoms with E-state index in [4.69, 9.17) is 15.7 Å². The van der Waals surface area contributed by atoms with Gasteiger partial charge in [-0.25, -0.2) is 36.7 Å². The molecule has 7 rings (SSSR count). The number of aryl methyl sites for hydroxylation is 2. The van der Waals surface area contributed by atoms with Gasteiger partial charge in [0.1, 0.15) is 23.0 Å². The van der Waals surface area contributed by atoms with Gasteiger partial charge in [-0.2, -0.15) is 0 Å². The Labute approximate surface area is 267 Å². The Morgan fingerprint density at radius 1 is 1.07 bits per heavy atom. The molecule has 1 fully saturated rings. The molecule has 1 aliphatic rings. The standard InChI is InChI=1S/C31H30FN9O3S2/c1-17-6-8-21(9-7-17)46(43,44)41-15-24(23-12-18(32)14-34-28(23)41)27-38-26(22-10-11-40(2)29(22)39-27)35-19-4-3-5-20(13-19)36-30(42)25-16-45-31(33)37-25/h6-12,14-16,19-20H,3-5,13H2,1-2H3,(H2,33,37)(H,36,42)(H,35,38,39)/t19-,20+/m1/s1. The predicted molar refractivity (Wildman–Crippen MR) is 175 cm³/mol. The van der Waals surface area contributed by atoms with Crippen LogP contribution in [0.1, 0.15) is 41.7 Å². The summed E-state index contributed by atoms with van der Waals surface area (Å²) in [6.45, 7) is 1.87. The van der Waals surface area contributed by atoms with Crippen molar-refractivity contribution >= 4 is 60.3 Å². The van der Waals surface area contributed by atoms with Gasteiger partial charge < -0.3 is 20.9 Å². The first-order valence-electron chi connectivity index (χ1n) is 14.7. The molecular weight excluding hydrogens is 630 g/mol. The monoisotopic (exact) mass is 659 g/mol. The summed E-state index contributed by atoms with van der Waals surface area (Å²) in [5.74, 6) is -0.107. The van der Waals surface area contributed by atoms with E-state index in [2.05, 4.69) is 20.6 Å². The lowest BCUT2D eigenvalue weighted by molar-refractivity contribution is 0.0922. The molecule has 0 spiro atoms. The van der Waals surface area contributed by atoms with Gasteiger partial charge in [0.2, 0.25) is 0 Å². The van der Waals surface area contributed by atoms with E-state index in [-0.39, 0.29) is 39.7 Å². The topological polar surface area (TPSA) is 163 Å². The number of nitrogens with two attached hydrogens (primary N) is 1. The quantitative estimate of drug-likeness (QED) is 0.217. The van der Waals surface area contributed by atoms with Gasteiger partial charge >= 0.3 is 0 Å². The number of benzene rings is 1. The Bertz CT molecular complexity index is 2230. The molecule has 0 radical (unpaired) electrons. The largest absolute Gasteiger partial charge is 0.375 e. The van der Waals surface area contributed by atoms with Crippen molar-refractivity contribution in [1.82, 2.24) is 33.8 Å². The van der Waals surface area contributed by atoms with Crippen molar-refractivity contribution in [2.75, 3.05) is 11.1 Å². The number of pyridine rings is 1. The fourth-order valence-electron chi connectivity index (χ4n) is 5.90. The summed E-state index contributed by atoms with van der Waals surface area (Å²) in [6, 6.07) is 9.54. The lowest BCUT2D eigenvalue weighted by Gasteiger charge is -2.30. The molecule has 1 aromatic carbocycles. The van der Waals surface area contributed by atoms with E-state index in [1.165, 1.54) is 35.7 Å². The van der Waals surface area contributed by atoms with Crippen molar-refractivity contribution in [2.45, 2.75) is 49.6 Å². The third-order valence-electron chi connectivity index (χ3n) is 8.23. The number of nitrogen functional groups attached to an aromatic ring is 1. The number of amides is 1. The van der Waals surface area contributed by atoms with Crippen LogP contribution < -0.4 is 16.4 Å². The summed E-state index contributed by atoms with van der Waals surface area (Å²) in [5, 5.41) is 9.65. The number of nitrogens with zero attached hydrogens (tertiary/aromatic N) is 6. The smallest absolute Gasteiger partial charge is 0.271 e. The van der Waals surface area contributed by atoms with Crippen LogP contribution >= 0.6 is 11.3 Å². The Morgan fingerprint density at radius 3 is 2.61 bits per heavy atom. The maximum Gasteiger partial charge on any atom is 0.271 e. The highest BCUT2D eigenvalue weighted by atomic mass is 32.2. The highest BCUT2D eigenvalue weighted by Crippen LogP contribution is 2.34. The van der Waals surface area contributed by atoms with E-state index < -0.39 is 15.8 Å².